The summed E-state index contributed by atoms with van der Waals surface area (Å²) in [7, 11) is 0. The third-order valence-corrected chi connectivity index (χ3v) is 2.83. The van der Waals surface area contributed by atoms with Crippen molar-refractivity contribution in [3.63, 3.8) is 0 Å². The first kappa shape index (κ1) is 13.1. The van der Waals surface area contributed by atoms with Gasteiger partial charge in [-0.2, -0.15) is 0 Å². The third-order valence-electron chi connectivity index (χ3n) is 2.54. The summed E-state index contributed by atoms with van der Waals surface area (Å²) in [6.07, 6.45) is 2.56. The van der Waals surface area contributed by atoms with E-state index in [-0.39, 0.29) is 5.02 Å². The minimum Gasteiger partial charge on any atom is -0.444 e. The van der Waals surface area contributed by atoms with Crippen LogP contribution < -0.4 is 5.32 Å². The van der Waals surface area contributed by atoms with Crippen molar-refractivity contribution >= 4 is 11.6 Å². The normalized spacial score (nSPS) is 10.8. The van der Waals surface area contributed by atoms with Crippen LogP contribution in [0.1, 0.15) is 24.1 Å². The Morgan fingerprint density at radius 2 is 2.22 bits per heavy atom. The largest absolute Gasteiger partial charge is 0.444 e. The van der Waals surface area contributed by atoms with Gasteiger partial charge in [0.25, 0.3) is 0 Å². The molecule has 0 amide bonds. The van der Waals surface area contributed by atoms with Crippen molar-refractivity contribution in [2.75, 3.05) is 0 Å². The van der Waals surface area contributed by atoms with Gasteiger partial charge in [-0.25, -0.2) is 9.37 Å². The zero-order chi connectivity index (χ0) is 13.0. The standard InChI is InChI=1S/C13H14ClFN2O/c1-2-10-7-17-13(18-10)8-16-6-9-3-4-12(15)11(14)5-9/h3-5,7,16H,2,6,8H2,1H3. The quantitative estimate of drug-likeness (QED) is 0.904. The Balaban J connectivity index is 1.86. The number of nitrogens with one attached hydrogen (secondary N) is 1. The molecule has 0 aliphatic carbocycles. The Hall–Kier alpha value is -1.39. The number of rotatable bonds is 5. The predicted molar refractivity (Wildman–Crippen MR) is 67.8 cm³/mol. The van der Waals surface area contributed by atoms with Crippen LogP contribution in [-0.2, 0) is 19.5 Å². The van der Waals surface area contributed by atoms with Crippen molar-refractivity contribution < 1.29 is 8.81 Å². The van der Waals surface area contributed by atoms with Gasteiger partial charge in [-0.3, -0.25) is 0 Å². The number of benzene rings is 1. The molecule has 0 bridgehead atoms. The lowest BCUT2D eigenvalue weighted by Gasteiger charge is -2.03. The van der Waals surface area contributed by atoms with Crippen LogP contribution >= 0.6 is 11.6 Å². The van der Waals surface area contributed by atoms with Gasteiger partial charge >= 0.3 is 0 Å². The Labute approximate surface area is 110 Å². The molecular formula is C13H14ClFN2O. The maximum atomic E-state index is 13.0. The highest BCUT2D eigenvalue weighted by Gasteiger charge is 2.03. The minimum absolute atomic E-state index is 0.138. The summed E-state index contributed by atoms with van der Waals surface area (Å²) in [5, 5.41) is 3.30. The Kier molecular flexibility index (Phi) is 4.33. The van der Waals surface area contributed by atoms with Gasteiger partial charge in [-0.15, -0.1) is 0 Å². The molecule has 1 N–H and O–H groups in total. The van der Waals surface area contributed by atoms with E-state index < -0.39 is 5.82 Å². The van der Waals surface area contributed by atoms with Crippen LogP contribution in [0.2, 0.25) is 5.02 Å². The average Bonchev–Trinajstić information content (AvgIpc) is 2.82. The zero-order valence-electron chi connectivity index (χ0n) is 10.0. The highest BCUT2D eigenvalue weighted by Crippen LogP contribution is 2.15. The van der Waals surface area contributed by atoms with E-state index in [0.29, 0.717) is 19.0 Å². The van der Waals surface area contributed by atoms with Crippen molar-refractivity contribution in [3.05, 3.63) is 52.5 Å². The molecule has 0 aliphatic heterocycles. The molecule has 0 unspecified atom stereocenters. The monoisotopic (exact) mass is 268 g/mol. The van der Waals surface area contributed by atoms with Crippen LogP contribution in [-0.4, -0.2) is 4.98 Å². The number of aryl methyl sites for hydroxylation is 1. The number of hydrogen-bond donors (Lipinski definition) is 1. The molecule has 2 rings (SSSR count). The maximum Gasteiger partial charge on any atom is 0.208 e. The van der Waals surface area contributed by atoms with E-state index in [0.717, 1.165) is 17.7 Å². The molecular weight excluding hydrogens is 255 g/mol. The first-order valence-electron chi connectivity index (χ1n) is 5.77. The molecule has 0 saturated heterocycles. The third kappa shape index (κ3) is 3.31. The fourth-order valence-electron chi connectivity index (χ4n) is 1.56. The second-order valence-corrected chi connectivity index (χ2v) is 4.33. The van der Waals surface area contributed by atoms with E-state index in [2.05, 4.69) is 10.3 Å². The summed E-state index contributed by atoms with van der Waals surface area (Å²) >= 11 is 5.70. The smallest absolute Gasteiger partial charge is 0.208 e. The molecule has 3 nitrogen and oxygen atoms in total. The van der Waals surface area contributed by atoms with Gasteiger partial charge in [0.2, 0.25) is 5.89 Å². The lowest BCUT2D eigenvalue weighted by Crippen LogP contribution is -2.12. The van der Waals surface area contributed by atoms with Crippen LogP contribution in [0, 0.1) is 5.82 Å². The molecule has 5 heteroatoms. The fraction of sp³-hybridized carbons (Fsp3) is 0.308. The lowest BCUT2D eigenvalue weighted by molar-refractivity contribution is 0.439. The van der Waals surface area contributed by atoms with Gasteiger partial charge in [-0.05, 0) is 17.7 Å². The van der Waals surface area contributed by atoms with E-state index in [4.69, 9.17) is 16.0 Å². The Morgan fingerprint density at radius 3 is 2.89 bits per heavy atom. The maximum absolute atomic E-state index is 13.0. The first-order chi connectivity index (χ1) is 8.69. The summed E-state index contributed by atoms with van der Waals surface area (Å²) in [5.41, 5.74) is 0.920. The van der Waals surface area contributed by atoms with Crippen LogP contribution in [0.4, 0.5) is 4.39 Å². The van der Waals surface area contributed by atoms with Crippen molar-refractivity contribution in [2.45, 2.75) is 26.4 Å². The van der Waals surface area contributed by atoms with Gasteiger partial charge in [0.1, 0.15) is 11.6 Å². The molecule has 0 fully saturated rings. The molecule has 1 heterocycles. The molecule has 0 spiro atoms. The van der Waals surface area contributed by atoms with Crippen LogP contribution in [0.15, 0.2) is 28.8 Å². The molecule has 2 aromatic rings. The summed E-state index contributed by atoms with van der Waals surface area (Å²) in [6, 6.07) is 4.66. The zero-order valence-corrected chi connectivity index (χ0v) is 10.8. The highest BCUT2D eigenvalue weighted by atomic mass is 35.5. The summed E-state index contributed by atoms with van der Waals surface area (Å²) in [5.74, 6) is 1.12. The van der Waals surface area contributed by atoms with Crippen LogP contribution in [0.5, 0.6) is 0 Å². The number of hydrogen-bond acceptors (Lipinski definition) is 3. The fourth-order valence-corrected chi connectivity index (χ4v) is 1.76. The van der Waals surface area contributed by atoms with E-state index in [1.165, 1.54) is 6.07 Å². The van der Waals surface area contributed by atoms with Crippen LogP contribution in [0.25, 0.3) is 0 Å². The molecule has 0 radical (unpaired) electrons. The summed E-state index contributed by atoms with van der Waals surface area (Å²) in [6.45, 7) is 3.14. The van der Waals surface area contributed by atoms with Crippen molar-refractivity contribution in [3.8, 4) is 0 Å². The van der Waals surface area contributed by atoms with E-state index in [1.54, 1.807) is 18.3 Å². The number of halogens is 2. The number of nitrogens with zero attached hydrogens (tertiary/aromatic N) is 1. The van der Waals surface area contributed by atoms with Crippen molar-refractivity contribution in [1.82, 2.24) is 10.3 Å². The molecule has 0 saturated carbocycles. The highest BCUT2D eigenvalue weighted by molar-refractivity contribution is 6.30. The van der Waals surface area contributed by atoms with E-state index in [9.17, 15) is 4.39 Å². The molecule has 0 aliphatic rings. The van der Waals surface area contributed by atoms with Crippen molar-refractivity contribution in [2.24, 2.45) is 0 Å². The van der Waals surface area contributed by atoms with Gasteiger partial charge in [0, 0.05) is 13.0 Å². The number of aromatic nitrogens is 1. The Morgan fingerprint density at radius 1 is 1.39 bits per heavy atom. The molecule has 1 aromatic heterocycles. The lowest BCUT2D eigenvalue weighted by atomic mass is 10.2. The molecule has 18 heavy (non-hydrogen) atoms. The molecule has 96 valence electrons. The topological polar surface area (TPSA) is 38.1 Å². The van der Waals surface area contributed by atoms with Gasteiger partial charge < -0.3 is 9.73 Å². The summed E-state index contributed by atoms with van der Waals surface area (Å²) in [4.78, 5) is 4.13. The molecule has 0 atom stereocenters. The van der Waals surface area contributed by atoms with Gasteiger partial charge in [0.05, 0.1) is 17.8 Å². The minimum atomic E-state index is -0.402. The second-order valence-electron chi connectivity index (χ2n) is 3.93. The van der Waals surface area contributed by atoms with Crippen molar-refractivity contribution in [1.29, 1.82) is 0 Å². The van der Waals surface area contributed by atoms with E-state index >= 15 is 0 Å². The second kappa shape index (κ2) is 5.98. The predicted octanol–water partition coefficient (Wildman–Crippen LogP) is 3.32. The van der Waals surface area contributed by atoms with Crippen LogP contribution in [0.3, 0.4) is 0 Å². The average molecular weight is 269 g/mol. The summed E-state index contributed by atoms with van der Waals surface area (Å²) < 4.78 is 18.4. The molecule has 1 aromatic carbocycles. The number of oxazole rings is 1. The van der Waals surface area contributed by atoms with E-state index in [1.807, 2.05) is 6.92 Å². The van der Waals surface area contributed by atoms with Gasteiger partial charge in [0.15, 0.2) is 0 Å². The SMILES string of the molecule is CCc1cnc(CNCc2ccc(F)c(Cl)c2)o1. The Bertz CT molecular complexity index is 527. The van der Waals surface area contributed by atoms with Gasteiger partial charge in [-0.1, -0.05) is 24.6 Å². The first-order valence-corrected chi connectivity index (χ1v) is 6.15.